The van der Waals surface area contributed by atoms with Crippen LogP contribution in [0.5, 0.6) is 0 Å². The van der Waals surface area contributed by atoms with Gasteiger partial charge < -0.3 is 9.52 Å². The van der Waals surface area contributed by atoms with Crippen LogP contribution in [0, 0.1) is 29.7 Å². The van der Waals surface area contributed by atoms with Gasteiger partial charge in [-0.3, -0.25) is 9.78 Å². The number of allylic oxidation sites excluding steroid dienone is 2. The number of aryl methyl sites for hydroxylation is 1. The van der Waals surface area contributed by atoms with Gasteiger partial charge in [0.15, 0.2) is 5.78 Å². The van der Waals surface area contributed by atoms with Gasteiger partial charge in [0.1, 0.15) is 17.1 Å². The van der Waals surface area contributed by atoms with Gasteiger partial charge in [0.25, 0.3) is 0 Å². The number of fused-ring (bicyclic) bond motifs is 6. The molecular weight excluding hydrogens is 859 g/mol. The first-order chi connectivity index (χ1) is 24.0. The Morgan fingerprint density at radius 1 is 0.942 bits per heavy atom. The first kappa shape index (κ1) is 41.9. The first-order valence-corrected chi connectivity index (χ1v) is 20.3. The van der Waals surface area contributed by atoms with Crippen LogP contribution >= 0.6 is 22.7 Å². The zero-order chi connectivity index (χ0) is 37.5. The van der Waals surface area contributed by atoms with Crippen molar-refractivity contribution >= 4 is 69.7 Å². The van der Waals surface area contributed by atoms with Crippen molar-refractivity contribution in [2.45, 2.75) is 121 Å². The number of aliphatic hydroxyl groups excluding tert-OH is 1. The maximum atomic E-state index is 12.2. The Kier molecular flexibility index (Phi) is 13.1. The van der Waals surface area contributed by atoms with Gasteiger partial charge in [-0.25, -0.2) is 0 Å². The molecule has 4 nitrogen and oxygen atoms in total. The molecule has 2 aromatic carbocycles. The number of ketones is 1. The number of hydrogen-bond acceptors (Lipinski definition) is 6. The van der Waals surface area contributed by atoms with Crippen LogP contribution in [0.3, 0.4) is 0 Å². The summed E-state index contributed by atoms with van der Waals surface area (Å²) in [5.41, 5.74) is 5.17. The number of nitrogens with zero attached hydrogens (tertiary/aromatic N) is 1. The fraction of sp³-hybridized carbons (Fsp3) is 0.467. The molecule has 0 fully saturated rings. The van der Waals surface area contributed by atoms with Crippen LogP contribution in [-0.4, -0.2) is 15.9 Å². The topological polar surface area (TPSA) is 63.3 Å². The second-order valence-corrected chi connectivity index (χ2v) is 18.1. The summed E-state index contributed by atoms with van der Waals surface area (Å²) in [6, 6.07) is 14.8. The Morgan fingerprint density at radius 2 is 1.58 bits per heavy atom. The van der Waals surface area contributed by atoms with Crippen LogP contribution < -0.4 is 0 Å². The van der Waals surface area contributed by atoms with Gasteiger partial charge in [0.2, 0.25) is 0 Å². The van der Waals surface area contributed by atoms with E-state index in [9.17, 15) is 9.90 Å². The van der Waals surface area contributed by atoms with Gasteiger partial charge in [-0.2, -0.15) is 11.3 Å². The Balaban J connectivity index is 0.000000289. The largest absolute Gasteiger partial charge is 0.512 e. The number of pyridine rings is 1. The number of furan rings is 1. The summed E-state index contributed by atoms with van der Waals surface area (Å²) in [5.74, 6) is 1.89. The predicted octanol–water partition coefficient (Wildman–Crippen LogP) is 14.3. The molecule has 7 heteroatoms. The molecule has 0 saturated heterocycles. The summed E-state index contributed by atoms with van der Waals surface area (Å²) in [6.07, 6.45) is 7.71. The molecule has 0 unspecified atom stereocenters. The zero-order valence-corrected chi connectivity index (χ0v) is 37.1. The SMILES string of the molecule is CCC(C)(CC)C(=O)/C=C(\O)C(C)(CC)CC.Cc1oc2c(ccc3sc4ccnc(-c5[c-]c6ccsc6c(C(C)(C)C)c5)c4c32)c1CC(C)C.[Ir]. The Labute approximate surface area is 332 Å². The average Bonchev–Trinajstić information content (AvgIpc) is 3.81. The number of aromatic nitrogens is 1. The fourth-order valence-electron chi connectivity index (χ4n) is 6.77. The molecule has 1 N–H and O–H groups in total. The quantitative estimate of drug-likeness (QED) is 0.0845. The Hall–Kier alpha value is -2.83. The van der Waals surface area contributed by atoms with Crippen LogP contribution in [-0.2, 0) is 36.7 Å². The molecule has 52 heavy (non-hydrogen) atoms. The van der Waals surface area contributed by atoms with Gasteiger partial charge in [-0.15, -0.1) is 34.9 Å². The molecule has 281 valence electrons. The van der Waals surface area contributed by atoms with E-state index in [1.807, 2.05) is 59.1 Å². The van der Waals surface area contributed by atoms with E-state index in [2.05, 4.69) is 83.3 Å². The normalized spacial score (nSPS) is 12.9. The van der Waals surface area contributed by atoms with E-state index in [1.54, 1.807) is 11.3 Å². The smallest absolute Gasteiger partial charge is 0.164 e. The van der Waals surface area contributed by atoms with Crippen molar-refractivity contribution in [2.24, 2.45) is 16.7 Å². The van der Waals surface area contributed by atoms with E-state index in [4.69, 9.17) is 9.40 Å². The predicted molar refractivity (Wildman–Crippen MR) is 222 cm³/mol. The van der Waals surface area contributed by atoms with Crippen LogP contribution in [0.15, 0.2) is 58.2 Å². The minimum Gasteiger partial charge on any atom is -0.512 e. The summed E-state index contributed by atoms with van der Waals surface area (Å²) in [6.45, 7) is 25.6. The maximum absolute atomic E-state index is 12.2. The van der Waals surface area contributed by atoms with Gasteiger partial charge in [-0.05, 0) is 84.0 Å². The molecule has 4 aromatic heterocycles. The number of benzene rings is 2. The van der Waals surface area contributed by atoms with E-state index in [1.165, 1.54) is 52.8 Å². The number of thiophene rings is 2. The third-order valence-electron chi connectivity index (χ3n) is 11.3. The van der Waals surface area contributed by atoms with Crippen LogP contribution in [0.2, 0.25) is 0 Å². The van der Waals surface area contributed by atoms with E-state index in [0.717, 1.165) is 54.7 Å². The molecule has 0 atom stereocenters. The number of carbonyl (C=O) groups is 1. The zero-order valence-electron chi connectivity index (χ0n) is 33.1. The molecule has 0 saturated carbocycles. The number of aliphatic hydroxyl groups is 1. The molecule has 0 bridgehead atoms. The van der Waals surface area contributed by atoms with E-state index in [-0.39, 0.29) is 47.9 Å². The number of hydrogen-bond donors (Lipinski definition) is 1. The molecule has 0 aliphatic heterocycles. The third-order valence-corrected chi connectivity index (χ3v) is 13.3. The van der Waals surface area contributed by atoms with Crippen molar-refractivity contribution in [1.29, 1.82) is 0 Å². The Morgan fingerprint density at radius 3 is 2.17 bits per heavy atom. The molecule has 6 rings (SSSR count). The maximum Gasteiger partial charge on any atom is 0.164 e. The molecule has 0 amide bonds. The summed E-state index contributed by atoms with van der Waals surface area (Å²) in [7, 11) is 0. The first-order valence-electron chi connectivity index (χ1n) is 18.6. The average molecular weight is 915 g/mol. The molecule has 0 aliphatic carbocycles. The van der Waals surface area contributed by atoms with Gasteiger partial charge >= 0.3 is 0 Å². The monoisotopic (exact) mass is 915 g/mol. The van der Waals surface area contributed by atoms with Gasteiger partial charge in [0.05, 0.1) is 0 Å². The van der Waals surface area contributed by atoms with Crippen molar-refractivity contribution in [3.05, 3.63) is 76.7 Å². The summed E-state index contributed by atoms with van der Waals surface area (Å²) >= 11 is 3.62. The van der Waals surface area contributed by atoms with Crippen molar-refractivity contribution in [3.63, 3.8) is 0 Å². The molecule has 0 spiro atoms. The van der Waals surface area contributed by atoms with Gasteiger partial charge in [-0.1, -0.05) is 87.3 Å². The molecule has 4 heterocycles. The minimum absolute atomic E-state index is 0. The van der Waals surface area contributed by atoms with Crippen LogP contribution in [0.4, 0.5) is 0 Å². The van der Waals surface area contributed by atoms with Crippen molar-refractivity contribution in [1.82, 2.24) is 4.98 Å². The fourth-order valence-corrected chi connectivity index (χ4v) is 8.94. The van der Waals surface area contributed by atoms with Crippen molar-refractivity contribution < 1.29 is 34.4 Å². The summed E-state index contributed by atoms with van der Waals surface area (Å²) < 4.78 is 10.3. The minimum atomic E-state index is -0.337. The van der Waals surface area contributed by atoms with E-state index >= 15 is 0 Å². The standard InChI is InChI=1S/C30H28NOS2.C15H28O2.Ir/c1-16(2)13-21-17(3)32-28-20(21)7-8-23-26(28)25-24(34-23)9-11-31-27(25)19-14-18-10-12-33-29(18)22(15-19)30(4,5)6;1-7-14(5,8-2)12(16)11-13(17)15(6,9-3)10-4;/h7-12,15-16H,13H2,1-6H3;11,16H,7-10H2,1-6H3;/q-1;;/b;12-11-;. The second kappa shape index (κ2) is 16.3. The van der Waals surface area contributed by atoms with E-state index in [0.29, 0.717) is 5.92 Å². The molecule has 1 radical (unpaired) electrons. The second-order valence-electron chi connectivity index (χ2n) is 16.1. The van der Waals surface area contributed by atoms with Gasteiger partial charge in [0, 0.05) is 74.6 Å². The molecule has 6 aromatic rings. The molecule has 0 aliphatic rings. The Bertz CT molecular complexity index is 2220. The third kappa shape index (κ3) is 7.99. The summed E-state index contributed by atoms with van der Waals surface area (Å²) in [4.78, 5) is 17.1. The number of carbonyl (C=O) groups excluding carboxylic acids is 1. The summed E-state index contributed by atoms with van der Waals surface area (Å²) in [5, 5.41) is 17.1. The van der Waals surface area contributed by atoms with Crippen LogP contribution in [0.25, 0.3) is 52.5 Å². The van der Waals surface area contributed by atoms with Crippen LogP contribution in [0.1, 0.15) is 119 Å². The van der Waals surface area contributed by atoms with E-state index < -0.39 is 0 Å². The molecular formula is C45H56IrNO3S2-. The number of rotatable bonds is 10. The van der Waals surface area contributed by atoms with Crippen molar-refractivity contribution in [3.8, 4) is 11.3 Å². The van der Waals surface area contributed by atoms with Crippen molar-refractivity contribution in [2.75, 3.05) is 0 Å².